The van der Waals surface area contributed by atoms with Crippen molar-refractivity contribution in [2.75, 3.05) is 29.8 Å². The molecule has 15 aromatic carbocycles. The molecular formula is C96H71B3N6O3. The van der Waals surface area contributed by atoms with Crippen LogP contribution in [0.25, 0.3) is 0 Å². The van der Waals surface area contributed by atoms with E-state index in [1.54, 1.807) is 42.5 Å². The summed E-state index contributed by atoms with van der Waals surface area (Å²) in [5.74, 6) is 1.07. The standard InChI is InChI=1S/C96H71B3N6O3/c1-59-45-61(3)95(62(4)46-59)104-82-57-80-76(97-74-41-25-27-43-86(74)106-89-52-71(49-81(100-80)92(89)97)101(65-29-13-7-14-30-65)66-31-15-8-16-32-66)55-77(82)99-78-56-79-88(108-91-54-73(53-90-94(91)98(79)75-42-26-28-44-87(75)107-90)103(69-37-21-11-22-38-69)70-39-23-12-24-40-70)58-83(78)105(96-63(5)47-60(2)48-64(96)6)85-51-72(50-84(104)93(85)99)102(67-33-17-9-18-34-67)68-35-19-10-20-36-68/h7-58,100H,1-6H3/i7D,8D,9D,10D,11D,12D,13D,14D,15D,16D,17D,18D,19D,20D,21D,22D,23D,24D,29D,30D,31D,32D,33D,34D,35D,36D,37D,38D,39D,40D. The topological polar surface area (TPSA) is 55.9 Å². The van der Waals surface area contributed by atoms with E-state index in [1.165, 1.54) is 18.2 Å². The maximum atomic E-state index is 9.99. The van der Waals surface area contributed by atoms with Crippen molar-refractivity contribution in [3.8, 4) is 34.5 Å². The van der Waals surface area contributed by atoms with Crippen LogP contribution >= 0.6 is 0 Å². The molecule has 0 unspecified atom stereocenters. The maximum Gasteiger partial charge on any atom is 0.260 e. The number of ether oxygens (including phenoxy) is 3. The Morgan fingerprint density at radius 1 is 0.278 bits per heavy atom. The first-order valence-corrected chi connectivity index (χ1v) is 34.9. The predicted octanol–water partition coefficient (Wildman–Crippen LogP) is 19.4. The van der Waals surface area contributed by atoms with Crippen LogP contribution in [0.3, 0.4) is 0 Å². The van der Waals surface area contributed by atoms with Crippen molar-refractivity contribution in [2.24, 2.45) is 0 Å². The number of aryl methyl sites for hydroxylation is 6. The van der Waals surface area contributed by atoms with Crippen LogP contribution < -0.4 is 93.2 Å². The monoisotopic (exact) mass is 1420 g/mol. The number of fused-ring (bicyclic) bond motifs is 12. The van der Waals surface area contributed by atoms with E-state index in [4.69, 9.17) is 33.4 Å². The third-order valence-corrected chi connectivity index (χ3v) is 20.9. The molecule has 12 heteroatoms. The highest BCUT2D eigenvalue weighted by Crippen LogP contribution is 2.53. The number of benzene rings is 15. The van der Waals surface area contributed by atoms with E-state index < -0.39 is 236 Å². The summed E-state index contributed by atoms with van der Waals surface area (Å²) < 4.78 is 300. The van der Waals surface area contributed by atoms with Crippen LogP contribution in [0.15, 0.2) is 315 Å². The lowest BCUT2D eigenvalue weighted by Crippen LogP contribution is -2.65. The molecule has 0 aromatic heterocycles. The minimum Gasteiger partial charge on any atom is -0.458 e. The number of nitrogens with zero attached hydrogens (tertiary/aromatic N) is 5. The molecule has 0 atom stereocenters. The molecule has 15 aromatic rings. The molecule has 0 amide bonds. The zero-order chi connectivity index (χ0) is 98.3. The third kappa shape index (κ3) is 9.89. The van der Waals surface area contributed by atoms with E-state index in [2.05, 4.69) is 17.4 Å². The summed E-state index contributed by atoms with van der Waals surface area (Å²) >= 11 is 0. The third-order valence-electron chi connectivity index (χ3n) is 20.9. The van der Waals surface area contributed by atoms with Crippen LogP contribution in [0.5, 0.6) is 34.5 Å². The number of para-hydroxylation sites is 8. The largest absolute Gasteiger partial charge is 0.458 e. The minimum atomic E-state index is -1.04. The van der Waals surface area contributed by atoms with E-state index in [-0.39, 0.29) is 45.7 Å². The van der Waals surface area contributed by atoms with Crippen molar-refractivity contribution in [2.45, 2.75) is 41.5 Å². The van der Waals surface area contributed by atoms with Gasteiger partial charge in [0.25, 0.3) is 20.1 Å². The Bertz CT molecular complexity index is 7350. The quantitative estimate of drug-likeness (QED) is 0.128. The van der Waals surface area contributed by atoms with Crippen LogP contribution in [0.2, 0.25) is 0 Å². The predicted molar refractivity (Wildman–Crippen MR) is 452 cm³/mol. The smallest absolute Gasteiger partial charge is 0.260 e. The molecule has 512 valence electrons. The molecular weight excluding hydrogens is 1320 g/mol. The molecule has 6 aliphatic heterocycles. The van der Waals surface area contributed by atoms with E-state index in [0.29, 0.717) is 123 Å². The van der Waals surface area contributed by atoms with Crippen LogP contribution in [0.1, 0.15) is 74.5 Å². The van der Waals surface area contributed by atoms with Crippen LogP contribution in [-0.2, 0) is 0 Å². The second-order valence-corrected chi connectivity index (χ2v) is 27.4. The number of hydrogen-bond acceptors (Lipinski definition) is 9. The van der Waals surface area contributed by atoms with E-state index in [9.17, 15) is 21.9 Å². The van der Waals surface area contributed by atoms with Crippen LogP contribution in [-0.4, -0.2) is 20.1 Å². The van der Waals surface area contributed by atoms with Crippen molar-refractivity contribution in [1.29, 1.82) is 0 Å². The summed E-state index contributed by atoms with van der Waals surface area (Å²) in [6, 6.07) is 15.9. The summed E-state index contributed by atoms with van der Waals surface area (Å²) in [5, 5.41) is 3.76. The summed E-state index contributed by atoms with van der Waals surface area (Å²) in [5.41, 5.74) is 9.05. The highest BCUT2D eigenvalue weighted by atomic mass is 16.5. The Kier molecular flexibility index (Phi) is 9.06. The minimum absolute atomic E-state index is 0.0306. The first-order valence-electron chi connectivity index (χ1n) is 49.9. The van der Waals surface area contributed by atoms with Crippen molar-refractivity contribution < 1.29 is 55.3 Å². The fourth-order valence-corrected chi connectivity index (χ4v) is 17.1. The van der Waals surface area contributed by atoms with Crippen molar-refractivity contribution in [3.05, 3.63) is 348 Å². The van der Waals surface area contributed by atoms with Crippen molar-refractivity contribution in [3.63, 3.8) is 0 Å². The fraction of sp³-hybridized carbons (Fsp3) is 0.0625. The molecule has 1 N–H and O–H groups in total. The molecule has 108 heavy (non-hydrogen) atoms. The SMILES string of the molecule is [2H]c1c([2H])c([2H])c(N(c2cc3c4c(c2)Oc2ccccc2B4c2cc4c(cc2N3)N(c2c(C)cc(C)cc2C)c2cc(N(c3c([2H])c([2H])c([2H])c([2H])c3[2H])c3c([2H])c([2H])c([2H])c([2H])c3[2H])cc3c2B4c2cc4c(cc2N3c2c(C)cc(C)cc2C)Oc2cc(N(c3c([2H])c([2H])c([2H])c([2H])c3[2H])c3c([2H])c([2H])c([2H])c([2H])c3[2H])cc3c2B4c2ccccc2O3)c2c([2H])c([2H])c([2H])c([2H])c2[2H])c([2H])c1[2H]. The van der Waals surface area contributed by atoms with Crippen molar-refractivity contribution in [1.82, 2.24) is 0 Å². The molecule has 0 radical (unpaired) electrons. The van der Waals surface area contributed by atoms with Gasteiger partial charge in [-0.2, -0.15) is 0 Å². The number of rotatable bonds is 11. The first-order chi connectivity index (χ1) is 65.4. The first kappa shape index (κ1) is 39.7. The Hall–Kier alpha value is -13.3. The summed E-state index contributed by atoms with van der Waals surface area (Å²) in [6.45, 7) is 8.85. The molecule has 9 nitrogen and oxygen atoms in total. The van der Waals surface area contributed by atoms with Gasteiger partial charge in [0.05, 0.1) is 69.6 Å². The molecule has 0 saturated heterocycles. The molecule has 6 heterocycles. The number of nitrogens with one attached hydrogen (secondary N) is 1. The van der Waals surface area contributed by atoms with Gasteiger partial charge in [-0.25, -0.2) is 0 Å². The molecule has 0 fully saturated rings. The Labute approximate surface area is 673 Å². The lowest BCUT2D eigenvalue weighted by molar-refractivity contribution is 0.465. The van der Waals surface area contributed by atoms with Gasteiger partial charge >= 0.3 is 0 Å². The molecule has 0 aliphatic carbocycles. The van der Waals surface area contributed by atoms with Gasteiger partial charge in [-0.1, -0.05) is 193 Å². The molecule has 21 rings (SSSR count). The lowest BCUT2D eigenvalue weighted by Gasteiger charge is -2.47. The molecule has 0 bridgehead atoms. The van der Waals surface area contributed by atoms with Crippen molar-refractivity contribution >= 4 is 166 Å². The van der Waals surface area contributed by atoms with Gasteiger partial charge in [-0.15, -0.1) is 0 Å². The normalized spacial score (nSPS) is 17.0. The zero-order valence-corrected chi connectivity index (χ0v) is 58.4. The molecule has 6 aliphatic rings. The number of hydrogen-bond donors (Lipinski definition) is 1. The Morgan fingerprint density at radius 2 is 0.620 bits per heavy atom. The van der Waals surface area contributed by atoms with E-state index >= 15 is 0 Å². The zero-order valence-electron chi connectivity index (χ0n) is 88.4. The second-order valence-electron chi connectivity index (χ2n) is 27.4. The fourth-order valence-electron chi connectivity index (χ4n) is 17.1. The summed E-state index contributed by atoms with van der Waals surface area (Å²) in [6.07, 6.45) is 0. The summed E-state index contributed by atoms with van der Waals surface area (Å²) in [4.78, 5) is 7.24. The van der Waals surface area contributed by atoms with Crippen LogP contribution in [0.4, 0.5) is 96.7 Å². The lowest BCUT2D eigenvalue weighted by atomic mass is 9.29. The van der Waals surface area contributed by atoms with Gasteiger partial charge < -0.3 is 44.0 Å². The number of anilines is 17. The van der Waals surface area contributed by atoms with Gasteiger partial charge in [-0.3, -0.25) is 0 Å². The van der Waals surface area contributed by atoms with Gasteiger partial charge in [0.15, 0.2) is 0 Å². The Balaban J connectivity index is 0.903. The second kappa shape index (κ2) is 24.7. The Morgan fingerprint density at radius 3 is 1.05 bits per heavy atom. The van der Waals surface area contributed by atoms with E-state index in [1.807, 2.05) is 112 Å². The summed E-state index contributed by atoms with van der Waals surface area (Å²) in [7, 11) is 0. The van der Waals surface area contributed by atoms with Gasteiger partial charge in [0.2, 0.25) is 0 Å². The highest BCUT2D eigenvalue weighted by molar-refractivity contribution is 7.04. The maximum absolute atomic E-state index is 9.99. The van der Waals surface area contributed by atoms with Gasteiger partial charge in [0.1, 0.15) is 34.5 Å². The van der Waals surface area contributed by atoms with Gasteiger partial charge in [0, 0.05) is 98.0 Å². The average molecular weight is 1420 g/mol. The van der Waals surface area contributed by atoms with E-state index in [0.717, 1.165) is 25.8 Å². The average Bonchev–Trinajstić information content (AvgIpc) is 0.676. The molecule has 0 spiro atoms. The molecule has 0 saturated carbocycles. The van der Waals surface area contributed by atoms with Crippen LogP contribution in [0, 0.1) is 41.5 Å². The highest BCUT2D eigenvalue weighted by Gasteiger charge is 2.50. The van der Waals surface area contributed by atoms with Gasteiger partial charge in [-0.05, 0) is 216 Å².